The van der Waals surface area contributed by atoms with Crippen LogP contribution in [0.2, 0.25) is 0 Å². The van der Waals surface area contributed by atoms with E-state index < -0.39 is 0 Å². The lowest BCUT2D eigenvalue weighted by Gasteiger charge is -2.21. The predicted molar refractivity (Wildman–Crippen MR) is 105 cm³/mol. The molecule has 150 valence electrons. The second-order valence-electron chi connectivity index (χ2n) is 6.87. The number of halogens is 1. The van der Waals surface area contributed by atoms with E-state index in [0.717, 1.165) is 22.8 Å². The fourth-order valence-corrected chi connectivity index (χ4v) is 3.69. The van der Waals surface area contributed by atoms with Gasteiger partial charge in [0.05, 0.1) is 36.5 Å². The fourth-order valence-electron chi connectivity index (χ4n) is 3.69. The van der Waals surface area contributed by atoms with Crippen molar-refractivity contribution in [3.8, 4) is 23.3 Å². The molecule has 0 spiro atoms. The highest BCUT2D eigenvalue weighted by Crippen LogP contribution is 2.38. The summed E-state index contributed by atoms with van der Waals surface area (Å²) < 4.78 is 26.1. The lowest BCUT2D eigenvalue weighted by atomic mass is 10.1. The molecule has 0 aliphatic carbocycles. The van der Waals surface area contributed by atoms with Crippen LogP contribution < -0.4 is 19.7 Å². The maximum Gasteiger partial charge on any atom is 0.135 e. The molecule has 2 aliphatic heterocycles. The Morgan fingerprint density at radius 2 is 1.97 bits per heavy atom. The second kappa shape index (κ2) is 7.08. The zero-order valence-electron chi connectivity index (χ0n) is 16.1. The van der Waals surface area contributed by atoms with Crippen molar-refractivity contribution in [1.29, 1.82) is 5.26 Å². The van der Waals surface area contributed by atoms with Gasteiger partial charge in [0.25, 0.3) is 0 Å². The number of nitrogens with zero attached hydrogens (tertiary/aromatic N) is 5. The summed E-state index contributed by atoms with van der Waals surface area (Å²) in [5, 5.41) is 21.4. The van der Waals surface area contributed by atoms with Crippen molar-refractivity contribution in [1.82, 2.24) is 20.3 Å². The molecule has 1 N–H and O–H groups in total. The van der Waals surface area contributed by atoms with E-state index in [1.54, 1.807) is 23.9 Å². The molecule has 0 saturated carbocycles. The lowest BCUT2D eigenvalue weighted by Crippen LogP contribution is -2.24. The van der Waals surface area contributed by atoms with Gasteiger partial charge in [-0.2, -0.15) is 5.26 Å². The summed E-state index contributed by atoms with van der Waals surface area (Å²) in [5.74, 6) is 0.907. The first kappa shape index (κ1) is 18.0. The van der Waals surface area contributed by atoms with E-state index in [2.05, 4.69) is 26.6 Å². The quantitative estimate of drug-likeness (QED) is 0.715. The molecule has 0 unspecified atom stereocenters. The van der Waals surface area contributed by atoms with Crippen LogP contribution in [0.1, 0.15) is 11.4 Å². The molecule has 0 radical (unpaired) electrons. The molecular formula is C21H17FN6O2. The summed E-state index contributed by atoms with van der Waals surface area (Å²) in [6.07, 6.45) is 0.460. The van der Waals surface area contributed by atoms with E-state index in [1.807, 2.05) is 18.2 Å². The Morgan fingerprint density at radius 1 is 1.17 bits per heavy atom. The van der Waals surface area contributed by atoms with Gasteiger partial charge in [0, 0.05) is 12.5 Å². The first-order chi connectivity index (χ1) is 14.7. The Bertz CT molecular complexity index is 1200. The molecule has 0 bridgehead atoms. The first-order valence-electron chi connectivity index (χ1n) is 9.33. The Labute approximate surface area is 171 Å². The fraction of sp³-hybridized carbons (Fsp3) is 0.190. The highest BCUT2D eigenvalue weighted by molar-refractivity contribution is 5.71. The summed E-state index contributed by atoms with van der Waals surface area (Å²) in [7, 11) is 1.61. The van der Waals surface area contributed by atoms with E-state index >= 15 is 0 Å². The molecule has 8 nitrogen and oxygen atoms in total. The minimum Gasteiger partial charge on any atom is -0.497 e. The number of aromatic nitrogens is 3. The van der Waals surface area contributed by atoms with Crippen LogP contribution in [0.25, 0.3) is 5.69 Å². The van der Waals surface area contributed by atoms with Gasteiger partial charge >= 0.3 is 0 Å². The molecule has 0 amide bonds. The van der Waals surface area contributed by atoms with Crippen LogP contribution in [0.4, 0.5) is 10.1 Å². The molecule has 3 aromatic rings. The number of rotatable bonds is 4. The van der Waals surface area contributed by atoms with Gasteiger partial charge in [0.15, 0.2) is 0 Å². The largest absolute Gasteiger partial charge is 0.497 e. The molecule has 0 saturated heterocycles. The topological polar surface area (TPSA) is 88.2 Å². The SMILES string of the molecule is COc1ccc2c(c1)-n1nnc(COc3ccc(F)cc3)c1CC1=C(C#N)NCN12. The maximum absolute atomic E-state index is 13.1. The van der Waals surface area contributed by atoms with Crippen molar-refractivity contribution in [2.45, 2.75) is 13.0 Å². The molecule has 0 atom stereocenters. The number of fused-ring (bicyclic) bond motifs is 5. The summed E-state index contributed by atoms with van der Waals surface area (Å²) in [4.78, 5) is 2.06. The van der Waals surface area contributed by atoms with Gasteiger partial charge in [-0.3, -0.25) is 0 Å². The maximum atomic E-state index is 13.1. The third-order valence-electron chi connectivity index (χ3n) is 5.21. The van der Waals surface area contributed by atoms with Crippen molar-refractivity contribution in [3.63, 3.8) is 0 Å². The third kappa shape index (κ3) is 2.90. The summed E-state index contributed by atoms with van der Waals surface area (Å²) in [5.41, 5.74) is 4.55. The highest BCUT2D eigenvalue weighted by atomic mass is 19.1. The zero-order chi connectivity index (χ0) is 20.7. The number of nitrogens with one attached hydrogen (secondary N) is 1. The molecule has 3 heterocycles. The lowest BCUT2D eigenvalue weighted by molar-refractivity contribution is 0.299. The molecule has 2 aromatic carbocycles. The Hall–Kier alpha value is -4.06. The summed E-state index contributed by atoms with van der Waals surface area (Å²) in [6.45, 7) is 0.667. The standard InChI is InChI=1S/C21H17FN6O2/c1-29-15-6-7-18-21(8-15)28-20(9-19-16(10-23)24-12-27(18)19)17(25-26-28)11-30-14-4-2-13(22)3-5-14/h2-8,24H,9,11-12H2,1H3. The predicted octanol–water partition coefficient (Wildman–Crippen LogP) is 2.65. The number of ether oxygens (including phenoxy) is 2. The van der Waals surface area contributed by atoms with Gasteiger partial charge in [0.2, 0.25) is 0 Å². The summed E-state index contributed by atoms with van der Waals surface area (Å²) >= 11 is 0. The van der Waals surface area contributed by atoms with Gasteiger partial charge < -0.3 is 19.7 Å². The van der Waals surface area contributed by atoms with E-state index in [4.69, 9.17) is 9.47 Å². The van der Waals surface area contributed by atoms with Crippen molar-refractivity contribution < 1.29 is 13.9 Å². The molecular weight excluding hydrogens is 387 g/mol. The second-order valence-corrected chi connectivity index (χ2v) is 6.87. The number of nitriles is 1. The number of benzene rings is 2. The van der Waals surface area contributed by atoms with Crippen molar-refractivity contribution in [3.05, 3.63) is 71.1 Å². The summed E-state index contributed by atoms with van der Waals surface area (Å²) in [6, 6.07) is 13.8. The minimum atomic E-state index is -0.324. The average Bonchev–Trinajstić information content (AvgIpc) is 3.34. The highest BCUT2D eigenvalue weighted by Gasteiger charge is 2.32. The first-order valence-corrected chi connectivity index (χ1v) is 9.33. The van der Waals surface area contributed by atoms with Crippen LogP contribution in [-0.2, 0) is 13.0 Å². The van der Waals surface area contributed by atoms with Crippen LogP contribution in [0.3, 0.4) is 0 Å². The Morgan fingerprint density at radius 3 is 2.73 bits per heavy atom. The number of allylic oxidation sites excluding steroid dienone is 2. The van der Waals surface area contributed by atoms with Crippen LogP contribution in [0.15, 0.2) is 53.9 Å². The van der Waals surface area contributed by atoms with Gasteiger partial charge in [-0.15, -0.1) is 5.10 Å². The molecule has 30 heavy (non-hydrogen) atoms. The molecule has 0 fully saturated rings. The molecule has 5 rings (SSSR count). The van der Waals surface area contributed by atoms with Gasteiger partial charge in [-0.25, -0.2) is 9.07 Å². The molecule has 9 heteroatoms. The Balaban J connectivity index is 1.58. The normalized spacial score (nSPS) is 14.2. The van der Waals surface area contributed by atoms with Crippen molar-refractivity contribution >= 4 is 5.69 Å². The van der Waals surface area contributed by atoms with E-state index in [9.17, 15) is 9.65 Å². The van der Waals surface area contributed by atoms with Crippen LogP contribution >= 0.6 is 0 Å². The Kier molecular flexibility index (Phi) is 4.25. The molecule has 1 aromatic heterocycles. The molecule has 2 aliphatic rings. The van der Waals surface area contributed by atoms with E-state index in [-0.39, 0.29) is 12.4 Å². The smallest absolute Gasteiger partial charge is 0.135 e. The van der Waals surface area contributed by atoms with Crippen LogP contribution in [0.5, 0.6) is 11.5 Å². The number of hydrogen-bond donors (Lipinski definition) is 1. The minimum absolute atomic E-state index is 0.170. The number of methoxy groups -OCH3 is 1. The van der Waals surface area contributed by atoms with Crippen LogP contribution in [0, 0.1) is 17.1 Å². The van der Waals surface area contributed by atoms with E-state index in [0.29, 0.717) is 36.0 Å². The van der Waals surface area contributed by atoms with Gasteiger partial charge in [-0.1, -0.05) is 5.21 Å². The number of hydrogen-bond acceptors (Lipinski definition) is 7. The van der Waals surface area contributed by atoms with Crippen LogP contribution in [-0.4, -0.2) is 28.8 Å². The zero-order valence-corrected chi connectivity index (χ0v) is 16.1. The van der Waals surface area contributed by atoms with E-state index in [1.165, 1.54) is 12.1 Å². The average molecular weight is 404 g/mol. The monoisotopic (exact) mass is 404 g/mol. The van der Waals surface area contributed by atoms with Crippen molar-refractivity contribution in [2.24, 2.45) is 0 Å². The third-order valence-corrected chi connectivity index (χ3v) is 5.21. The van der Waals surface area contributed by atoms with Gasteiger partial charge in [-0.05, 0) is 36.4 Å². The van der Waals surface area contributed by atoms with Crippen molar-refractivity contribution in [2.75, 3.05) is 18.7 Å². The van der Waals surface area contributed by atoms with Gasteiger partial charge in [0.1, 0.15) is 41.4 Å². The number of anilines is 1.